The highest BCUT2D eigenvalue weighted by Crippen LogP contribution is 2.13. The lowest BCUT2D eigenvalue weighted by atomic mass is 10.4. The molecule has 0 spiro atoms. The van der Waals surface area contributed by atoms with Crippen molar-refractivity contribution in [1.82, 2.24) is 15.0 Å². The Kier molecular flexibility index (Phi) is 1.32. The van der Waals surface area contributed by atoms with Crippen molar-refractivity contribution in [3.05, 3.63) is 23.2 Å². The van der Waals surface area contributed by atoms with E-state index in [2.05, 4.69) is 15.0 Å². The Morgan fingerprint density at radius 1 is 1.55 bits per heavy atom. The first kappa shape index (κ1) is 6.61. The average molecular weight is 168 g/mol. The number of pyridine rings is 1. The minimum Gasteiger partial charge on any atom is -0.342 e. The van der Waals surface area contributed by atoms with Gasteiger partial charge in [-0.2, -0.15) is 0 Å². The van der Waals surface area contributed by atoms with E-state index in [4.69, 9.17) is 11.6 Å². The lowest BCUT2D eigenvalue weighted by molar-refractivity contribution is 1.17. The van der Waals surface area contributed by atoms with Gasteiger partial charge in [-0.15, -0.1) is 0 Å². The van der Waals surface area contributed by atoms with E-state index >= 15 is 0 Å². The molecule has 0 atom stereocenters. The Labute approximate surface area is 68.4 Å². The summed E-state index contributed by atoms with van der Waals surface area (Å²) in [6, 6.07) is 1.76. The van der Waals surface area contributed by atoms with Gasteiger partial charge in [0, 0.05) is 6.07 Å². The van der Waals surface area contributed by atoms with Gasteiger partial charge in [-0.3, -0.25) is 0 Å². The Balaban J connectivity index is 2.82. The molecule has 0 radical (unpaired) electrons. The molecule has 0 aliphatic heterocycles. The summed E-state index contributed by atoms with van der Waals surface area (Å²) in [6.07, 6.45) is 1.65. The molecule has 2 aromatic rings. The molecule has 2 aromatic heterocycles. The van der Waals surface area contributed by atoms with Gasteiger partial charge in [0.2, 0.25) is 0 Å². The molecule has 0 bridgehead atoms. The second-order valence-corrected chi connectivity index (χ2v) is 2.73. The van der Waals surface area contributed by atoms with Crippen LogP contribution in [0.5, 0.6) is 0 Å². The number of imidazole rings is 1. The van der Waals surface area contributed by atoms with Crippen molar-refractivity contribution in [3.8, 4) is 0 Å². The minimum absolute atomic E-state index is 0.487. The van der Waals surface area contributed by atoms with Gasteiger partial charge < -0.3 is 4.98 Å². The predicted octanol–water partition coefficient (Wildman–Crippen LogP) is 1.92. The van der Waals surface area contributed by atoms with E-state index < -0.39 is 0 Å². The summed E-state index contributed by atoms with van der Waals surface area (Å²) in [6.45, 7) is 1.90. The molecule has 11 heavy (non-hydrogen) atoms. The number of aryl methyl sites for hydroxylation is 1. The summed E-state index contributed by atoms with van der Waals surface area (Å²) in [5.74, 6) is 0.879. The largest absolute Gasteiger partial charge is 0.342 e. The predicted molar refractivity (Wildman–Crippen MR) is 43.6 cm³/mol. The van der Waals surface area contributed by atoms with Crippen LogP contribution in [0, 0.1) is 6.92 Å². The first-order valence-electron chi connectivity index (χ1n) is 3.23. The second kappa shape index (κ2) is 2.20. The molecule has 56 valence electrons. The van der Waals surface area contributed by atoms with Crippen LogP contribution in [0.15, 0.2) is 12.3 Å². The molecule has 0 amide bonds. The Hall–Kier alpha value is -1.09. The van der Waals surface area contributed by atoms with Crippen molar-refractivity contribution in [2.24, 2.45) is 0 Å². The Morgan fingerprint density at radius 2 is 2.36 bits per heavy atom. The number of hydrogen-bond acceptors (Lipinski definition) is 2. The molecule has 2 rings (SSSR count). The van der Waals surface area contributed by atoms with E-state index in [0.717, 1.165) is 16.9 Å². The first-order valence-corrected chi connectivity index (χ1v) is 3.61. The molecular weight excluding hydrogens is 162 g/mol. The molecule has 0 fully saturated rings. The van der Waals surface area contributed by atoms with Crippen LogP contribution in [-0.4, -0.2) is 15.0 Å². The zero-order chi connectivity index (χ0) is 7.84. The topological polar surface area (TPSA) is 41.6 Å². The molecule has 1 N–H and O–H groups in total. The van der Waals surface area contributed by atoms with Crippen LogP contribution in [0.4, 0.5) is 0 Å². The number of halogens is 1. The van der Waals surface area contributed by atoms with Crippen LogP contribution in [0.2, 0.25) is 5.15 Å². The number of H-pyrrole nitrogens is 1. The van der Waals surface area contributed by atoms with E-state index in [1.807, 2.05) is 6.92 Å². The van der Waals surface area contributed by atoms with Gasteiger partial charge in [-0.05, 0) is 6.92 Å². The molecule has 0 aliphatic rings. The number of aromatic amines is 1. The van der Waals surface area contributed by atoms with E-state index in [1.54, 1.807) is 12.3 Å². The summed E-state index contributed by atoms with van der Waals surface area (Å²) in [5, 5.41) is 0.487. The van der Waals surface area contributed by atoms with E-state index in [1.165, 1.54) is 0 Å². The molecular formula is C7H6ClN3. The number of hydrogen-bond donors (Lipinski definition) is 1. The highest BCUT2D eigenvalue weighted by molar-refractivity contribution is 6.29. The normalized spacial score (nSPS) is 10.7. The lowest BCUT2D eigenvalue weighted by Gasteiger charge is -1.86. The Bertz CT molecular complexity index is 393. The third kappa shape index (κ3) is 1.07. The summed E-state index contributed by atoms with van der Waals surface area (Å²) in [7, 11) is 0. The van der Waals surface area contributed by atoms with E-state index in [-0.39, 0.29) is 0 Å². The first-order chi connectivity index (χ1) is 5.25. The molecule has 0 aromatic carbocycles. The van der Waals surface area contributed by atoms with Crippen LogP contribution in [0.25, 0.3) is 11.0 Å². The number of nitrogens with one attached hydrogen (secondary N) is 1. The van der Waals surface area contributed by atoms with Crippen molar-refractivity contribution < 1.29 is 0 Å². The molecule has 3 nitrogen and oxygen atoms in total. The number of aromatic nitrogens is 3. The van der Waals surface area contributed by atoms with Crippen LogP contribution in [0.3, 0.4) is 0 Å². The number of fused-ring (bicyclic) bond motifs is 1. The summed E-state index contributed by atoms with van der Waals surface area (Å²) in [5.41, 5.74) is 1.79. The zero-order valence-corrected chi connectivity index (χ0v) is 6.68. The molecule has 0 aliphatic carbocycles. The van der Waals surface area contributed by atoms with Gasteiger partial charge in [0.25, 0.3) is 0 Å². The fourth-order valence-corrected chi connectivity index (χ4v) is 1.17. The van der Waals surface area contributed by atoms with Crippen molar-refractivity contribution >= 4 is 22.6 Å². The van der Waals surface area contributed by atoms with Crippen molar-refractivity contribution in [3.63, 3.8) is 0 Å². The standard InChI is InChI=1S/C7H6ClN3/c1-4-10-5-2-7(8)9-3-6(5)11-4/h2-3H,1H3,(H,10,11). The minimum atomic E-state index is 0.487. The van der Waals surface area contributed by atoms with Crippen LogP contribution < -0.4 is 0 Å². The number of nitrogens with zero attached hydrogens (tertiary/aromatic N) is 2. The Morgan fingerprint density at radius 3 is 3.18 bits per heavy atom. The van der Waals surface area contributed by atoms with Gasteiger partial charge >= 0.3 is 0 Å². The fourth-order valence-electron chi connectivity index (χ4n) is 1.02. The van der Waals surface area contributed by atoms with Gasteiger partial charge in [0.15, 0.2) is 0 Å². The third-order valence-corrected chi connectivity index (χ3v) is 1.66. The van der Waals surface area contributed by atoms with Crippen LogP contribution in [-0.2, 0) is 0 Å². The molecule has 2 heterocycles. The van der Waals surface area contributed by atoms with E-state index in [0.29, 0.717) is 5.15 Å². The van der Waals surface area contributed by atoms with Gasteiger partial charge in [0.05, 0.1) is 11.7 Å². The SMILES string of the molecule is Cc1nc2cnc(Cl)cc2[nH]1. The summed E-state index contributed by atoms with van der Waals surface area (Å²) >= 11 is 5.67. The quantitative estimate of drug-likeness (QED) is 0.609. The monoisotopic (exact) mass is 167 g/mol. The maximum Gasteiger partial charge on any atom is 0.131 e. The maximum atomic E-state index is 5.67. The van der Waals surface area contributed by atoms with Crippen LogP contribution >= 0.6 is 11.6 Å². The molecule has 0 saturated carbocycles. The zero-order valence-electron chi connectivity index (χ0n) is 5.93. The molecule has 0 unspecified atom stereocenters. The van der Waals surface area contributed by atoms with Crippen molar-refractivity contribution in [2.75, 3.05) is 0 Å². The van der Waals surface area contributed by atoms with Crippen LogP contribution in [0.1, 0.15) is 5.82 Å². The molecule has 0 saturated heterocycles. The second-order valence-electron chi connectivity index (χ2n) is 2.35. The lowest BCUT2D eigenvalue weighted by Crippen LogP contribution is -1.73. The highest BCUT2D eigenvalue weighted by Gasteiger charge is 1.98. The van der Waals surface area contributed by atoms with Gasteiger partial charge in [0.1, 0.15) is 16.5 Å². The van der Waals surface area contributed by atoms with Crippen molar-refractivity contribution in [2.45, 2.75) is 6.92 Å². The summed E-state index contributed by atoms with van der Waals surface area (Å²) in [4.78, 5) is 11.1. The van der Waals surface area contributed by atoms with Gasteiger partial charge in [-0.25, -0.2) is 9.97 Å². The van der Waals surface area contributed by atoms with Gasteiger partial charge in [-0.1, -0.05) is 11.6 Å². The maximum absolute atomic E-state index is 5.67. The van der Waals surface area contributed by atoms with Crippen molar-refractivity contribution in [1.29, 1.82) is 0 Å². The smallest absolute Gasteiger partial charge is 0.131 e. The summed E-state index contributed by atoms with van der Waals surface area (Å²) < 4.78 is 0. The fraction of sp³-hybridized carbons (Fsp3) is 0.143. The highest BCUT2D eigenvalue weighted by atomic mass is 35.5. The molecule has 4 heteroatoms. The third-order valence-electron chi connectivity index (χ3n) is 1.45. The average Bonchev–Trinajstić information content (AvgIpc) is 2.27. The van der Waals surface area contributed by atoms with E-state index in [9.17, 15) is 0 Å². The number of rotatable bonds is 0.